The average molecular weight is 226 g/mol. The van der Waals surface area contributed by atoms with Gasteiger partial charge in [-0.25, -0.2) is 9.59 Å². The first-order valence-corrected chi connectivity index (χ1v) is 5.00. The maximum Gasteiger partial charge on any atom is 0.332 e. The number of carboxylic acids is 1. The lowest BCUT2D eigenvalue weighted by Crippen LogP contribution is -2.34. The summed E-state index contributed by atoms with van der Waals surface area (Å²) in [6, 6.07) is -1.08. The fraction of sp³-hybridized carbons (Fsp3) is 0.500. The van der Waals surface area contributed by atoms with Crippen molar-refractivity contribution in [2.45, 2.75) is 25.8 Å². The lowest BCUT2D eigenvalue weighted by Gasteiger charge is -2.12. The SMILES string of the molecule is C=C(CN1C(=O)NC(CCC)C1=O)C(=O)O. The van der Waals surface area contributed by atoms with Gasteiger partial charge in [-0.1, -0.05) is 19.9 Å². The summed E-state index contributed by atoms with van der Waals surface area (Å²) in [6.45, 7) is 4.92. The summed E-state index contributed by atoms with van der Waals surface area (Å²) in [6.07, 6.45) is 1.32. The molecule has 1 heterocycles. The third-order valence-corrected chi connectivity index (χ3v) is 2.34. The predicted molar refractivity (Wildman–Crippen MR) is 55.7 cm³/mol. The topological polar surface area (TPSA) is 86.7 Å². The molecule has 1 saturated heterocycles. The van der Waals surface area contributed by atoms with Crippen LogP contribution in [0.5, 0.6) is 0 Å². The zero-order valence-corrected chi connectivity index (χ0v) is 9.02. The average Bonchev–Trinajstić information content (AvgIpc) is 2.46. The Kier molecular flexibility index (Phi) is 3.65. The van der Waals surface area contributed by atoms with E-state index in [0.717, 1.165) is 11.3 Å². The van der Waals surface area contributed by atoms with E-state index >= 15 is 0 Å². The lowest BCUT2D eigenvalue weighted by molar-refractivity contribution is -0.133. The van der Waals surface area contributed by atoms with Gasteiger partial charge in [-0.3, -0.25) is 9.69 Å². The second-order valence-corrected chi connectivity index (χ2v) is 3.62. The fourth-order valence-electron chi connectivity index (χ4n) is 1.47. The van der Waals surface area contributed by atoms with Crippen LogP contribution in [-0.4, -0.2) is 40.5 Å². The molecule has 0 bridgehead atoms. The van der Waals surface area contributed by atoms with Gasteiger partial charge in [0.2, 0.25) is 0 Å². The number of rotatable bonds is 5. The minimum Gasteiger partial charge on any atom is -0.478 e. The van der Waals surface area contributed by atoms with E-state index in [1.807, 2.05) is 6.92 Å². The number of carboxylic acid groups (broad SMARTS) is 1. The zero-order valence-electron chi connectivity index (χ0n) is 9.02. The molecule has 16 heavy (non-hydrogen) atoms. The van der Waals surface area contributed by atoms with Crippen molar-refractivity contribution in [3.8, 4) is 0 Å². The first-order valence-electron chi connectivity index (χ1n) is 5.00. The zero-order chi connectivity index (χ0) is 12.3. The molecule has 6 heteroatoms. The molecule has 0 aromatic carbocycles. The van der Waals surface area contributed by atoms with Crippen molar-refractivity contribution < 1.29 is 19.5 Å². The van der Waals surface area contributed by atoms with Gasteiger partial charge in [-0.05, 0) is 6.42 Å². The van der Waals surface area contributed by atoms with Crippen LogP contribution < -0.4 is 5.32 Å². The molecule has 88 valence electrons. The van der Waals surface area contributed by atoms with Gasteiger partial charge >= 0.3 is 12.0 Å². The standard InChI is InChI=1S/C10H14N2O4/c1-3-4-7-8(13)12(10(16)11-7)5-6(2)9(14)15/h7H,2-5H2,1H3,(H,11,16)(H,14,15). The van der Waals surface area contributed by atoms with Gasteiger partial charge in [-0.2, -0.15) is 0 Å². The maximum atomic E-state index is 11.7. The van der Waals surface area contributed by atoms with Crippen LogP contribution in [0.4, 0.5) is 4.79 Å². The summed E-state index contributed by atoms with van der Waals surface area (Å²) in [5.41, 5.74) is -0.180. The van der Waals surface area contributed by atoms with Crippen molar-refractivity contribution in [3.63, 3.8) is 0 Å². The molecule has 1 fully saturated rings. The maximum absolute atomic E-state index is 11.7. The van der Waals surface area contributed by atoms with Crippen molar-refractivity contribution in [2.24, 2.45) is 0 Å². The molecule has 0 saturated carbocycles. The number of aliphatic carboxylic acids is 1. The summed E-state index contributed by atoms with van der Waals surface area (Å²) >= 11 is 0. The fourth-order valence-corrected chi connectivity index (χ4v) is 1.47. The van der Waals surface area contributed by atoms with E-state index in [9.17, 15) is 14.4 Å². The highest BCUT2D eigenvalue weighted by atomic mass is 16.4. The molecule has 1 aliphatic heterocycles. The highest BCUT2D eigenvalue weighted by Gasteiger charge is 2.37. The van der Waals surface area contributed by atoms with Crippen LogP contribution in [0.25, 0.3) is 0 Å². The van der Waals surface area contributed by atoms with Gasteiger partial charge in [0.25, 0.3) is 5.91 Å². The molecule has 0 spiro atoms. The number of imide groups is 1. The Labute approximate surface area is 92.9 Å². The quantitative estimate of drug-likeness (QED) is 0.523. The highest BCUT2D eigenvalue weighted by molar-refractivity contribution is 6.05. The monoisotopic (exact) mass is 226 g/mol. The van der Waals surface area contributed by atoms with Crippen LogP contribution in [-0.2, 0) is 9.59 Å². The molecule has 0 aromatic rings. The van der Waals surface area contributed by atoms with Crippen molar-refractivity contribution in [2.75, 3.05) is 6.54 Å². The van der Waals surface area contributed by atoms with Crippen molar-refractivity contribution in [3.05, 3.63) is 12.2 Å². The predicted octanol–water partition coefficient (Wildman–Crippen LogP) is 0.348. The Morgan fingerprint density at radius 2 is 2.19 bits per heavy atom. The smallest absolute Gasteiger partial charge is 0.332 e. The molecule has 1 unspecified atom stereocenters. The molecule has 1 rings (SSSR count). The molecule has 6 nitrogen and oxygen atoms in total. The van der Waals surface area contributed by atoms with Crippen LogP contribution in [0.3, 0.4) is 0 Å². The minimum absolute atomic E-state index is 0.180. The molecular formula is C10H14N2O4. The molecule has 1 atom stereocenters. The van der Waals surface area contributed by atoms with Crippen LogP contribution in [0, 0.1) is 0 Å². The Balaban J connectivity index is 2.68. The van der Waals surface area contributed by atoms with Gasteiger partial charge < -0.3 is 10.4 Å². The second kappa shape index (κ2) is 4.78. The van der Waals surface area contributed by atoms with E-state index in [4.69, 9.17) is 5.11 Å². The highest BCUT2D eigenvalue weighted by Crippen LogP contribution is 2.12. The number of carbonyl (C=O) groups excluding carboxylic acids is 2. The largest absolute Gasteiger partial charge is 0.478 e. The van der Waals surface area contributed by atoms with Crippen molar-refractivity contribution in [1.82, 2.24) is 10.2 Å². The van der Waals surface area contributed by atoms with Crippen LogP contribution in [0.2, 0.25) is 0 Å². The van der Waals surface area contributed by atoms with Gasteiger partial charge in [-0.15, -0.1) is 0 Å². The van der Waals surface area contributed by atoms with Crippen LogP contribution >= 0.6 is 0 Å². The van der Waals surface area contributed by atoms with Gasteiger partial charge in [0.05, 0.1) is 6.54 Å². The second-order valence-electron chi connectivity index (χ2n) is 3.62. The van der Waals surface area contributed by atoms with E-state index in [2.05, 4.69) is 11.9 Å². The lowest BCUT2D eigenvalue weighted by atomic mass is 10.1. The Morgan fingerprint density at radius 1 is 1.56 bits per heavy atom. The van der Waals surface area contributed by atoms with Crippen molar-refractivity contribution >= 4 is 17.9 Å². The molecule has 3 amide bonds. The number of hydrogen-bond donors (Lipinski definition) is 2. The van der Waals surface area contributed by atoms with Crippen molar-refractivity contribution in [1.29, 1.82) is 0 Å². The summed E-state index contributed by atoms with van der Waals surface area (Å²) < 4.78 is 0. The van der Waals surface area contributed by atoms with Gasteiger partial charge in [0.15, 0.2) is 0 Å². The molecule has 0 aliphatic carbocycles. The minimum atomic E-state index is -1.21. The van der Waals surface area contributed by atoms with E-state index in [1.54, 1.807) is 0 Å². The summed E-state index contributed by atoms with van der Waals surface area (Å²) in [7, 11) is 0. The molecule has 2 N–H and O–H groups in total. The molecule has 0 radical (unpaired) electrons. The van der Waals surface area contributed by atoms with E-state index in [-0.39, 0.29) is 18.0 Å². The normalized spacial score (nSPS) is 19.8. The number of hydrogen-bond acceptors (Lipinski definition) is 3. The van der Waals surface area contributed by atoms with Gasteiger partial charge in [0, 0.05) is 5.57 Å². The number of amides is 3. The van der Waals surface area contributed by atoms with Gasteiger partial charge in [0.1, 0.15) is 6.04 Å². The summed E-state index contributed by atoms with van der Waals surface area (Å²) in [5.74, 6) is -1.59. The third-order valence-electron chi connectivity index (χ3n) is 2.34. The third kappa shape index (κ3) is 2.39. The Bertz CT molecular complexity index is 351. The van der Waals surface area contributed by atoms with Crippen LogP contribution in [0.15, 0.2) is 12.2 Å². The number of nitrogens with one attached hydrogen (secondary N) is 1. The first kappa shape index (κ1) is 12.2. The Hall–Kier alpha value is -1.85. The molecular weight excluding hydrogens is 212 g/mol. The Morgan fingerprint density at radius 3 is 2.69 bits per heavy atom. The summed E-state index contributed by atoms with van der Waals surface area (Å²) in [4.78, 5) is 34.5. The van der Waals surface area contributed by atoms with Crippen LogP contribution in [0.1, 0.15) is 19.8 Å². The molecule has 0 aromatic heterocycles. The van der Waals surface area contributed by atoms with E-state index in [1.165, 1.54) is 0 Å². The summed E-state index contributed by atoms with van der Waals surface area (Å²) in [5, 5.41) is 11.1. The van der Waals surface area contributed by atoms with E-state index < -0.39 is 18.0 Å². The first-order chi connectivity index (χ1) is 7.47. The molecule has 1 aliphatic rings. The number of carbonyl (C=O) groups is 3. The number of urea groups is 1. The number of nitrogens with zero attached hydrogens (tertiary/aromatic N) is 1. The van der Waals surface area contributed by atoms with E-state index in [0.29, 0.717) is 6.42 Å².